The van der Waals surface area contributed by atoms with Crippen LogP contribution in [0.4, 0.5) is 5.82 Å². The number of likely N-dealkylation sites (N-methyl/N-ethyl adjacent to an activating group) is 1. The predicted octanol–water partition coefficient (Wildman–Crippen LogP) is 4.76. The van der Waals surface area contributed by atoms with Crippen LogP contribution in [0.25, 0.3) is 0 Å². The Hall–Kier alpha value is -3.22. The lowest BCUT2D eigenvalue weighted by Gasteiger charge is -2.14. The molecule has 8 heteroatoms. The van der Waals surface area contributed by atoms with Gasteiger partial charge in [-0.05, 0) is 29.8 Å². The molecule has 0 saturated carbocycles. The van der Waals surface area contributed by atoms with Crippen LogP contribution in [0, 0.1) is 0 Å². The van der Waals surface area contributed by atoms with Crippen LogP contribution < -0.4 is 5.32 Å². The third-order valence-corrected chi connectivity index (χ3v) is 5.62. The van der Waals surface area contributed by atoms with Gasteiger partial charge in [0.25, 0.3) is 5.91 Å². The predicted molar refractivity (Wildman–Crippen MR) is 127 cm³/mol. The minimum atomic E-state index is -0.400. The molecule has 1 aliphatic rings. The molecule has 3 aromatic rings. The molecule has 6 nitrogen and oxygen atoms in total. The second-order valence-corrected chi connectivity index (χ2v) is 8.29. The van der Waals surface area contributed by atoms with Crippen molar-refractivity contribution in [1.82, 2.24) is 9.88 Å². The number of anilines is 1. The number of benzene rings is 2. The maximum atomic E-state index is 12.9. The second-order valence-electron chi connectivity index (χ2n) is 7.42. The molecule has 162 valence electrons. The van der Waals surface area contributed by atoms with Crippen LogP contribution in [0.2, 0.25) is 10.0 Å². The van der Waals surface area contributed by atoms with Gasteiger partial charge in [-0.1, -0.05) is 53.5 Å². The van der Waals surface area contributed by atoms with Gasteiger partial charge < -0.3 is 10.2 Å². The van der Waals surface area contributed by atoms with E-state index in [0.29, 0.717) is 32.6 Å². The number of nitrogens with zero attached hydrogens (tertiary/aromatic N) is 3. The Balaban J connectivity index is 1.52. The number of aromatic nitrogens is 1. The molecule has 1 aliphatic heterocycles. The number of hydrogen-bond acceptors (Lipinski definition) is 5. The molecule has 32 heavy (non-hydrogen) atoms. The Morgan fingerprint density at radius 2 is 1.78 bits per heavy atom. The van der Waals surface area contributed by atoms with Gasteiger partial charge in [-0.25, -0.2) is 4.98 Å². The molecule has 0 fully saturated rings. The number of nitrogens with one attached hydrogen (secondary N) is 1. The molecule has 4 rings (SSSR count). The average molecular weight is 467 g/mol. The zero-order chi connectivity index (χ0) is 22.7. The summed E-state index contributed by atoms with van der Waals surface area (Å²) in [5.74, 6) is 0.783. The number of amidine groups is 1. The van der Waals surface area contributed by atoms with Gasteiger partial charge in [0.15, 0.2) is 5.78 Å². The van der Waals surface area contributed by atoms with E-state index in [9.17, 15) is 9.59 Å². The van der Waals surface area contributed by atoms with E-state index in [0.717, 1.165) is 24.5 Å². The van der Waals surface area contributed by atoms with Crippen molar-refractivity contribution in [2.24, 2.45) is 4.99 Å². The Kier molecular flexibility index (Phi) is 6.53. The fraction of sp³-hybridized carbons (Fsp3) is 0.167. The summed E-state index contributed by atoms with van der Waals surface area (Å²) in [5.41, 5.74) is 2.44. The van der Waals surface area contributed by atoms with Gasteiger partial charge in [0.2, 0.25) is 0 Å². The highest BCUT2D eigenvalue weighted by Crippen LogP contribution is 2.21. The largest absolute Gasteiger partial charge is 0.358 e. The minimum Gasteiger partial charge on any atom is -0.358 e. The van der Waals surface area contributed by atoms with Crippen molar-refractivity contribution >= 4 is 46.5 Å². The zero-order valence-corrected chi connectivity index (χ0v) is 18.8. The number of halogens is 2. The van der Waals surface area contributed by atoms with Gasteiger partial charge in [-0.3, -0.25) is 14.6 Å². The molecule has 0 saturated heterocycles. The average Bonchev–Trinajstić information content (AvgIpc) is 3.22. The summed E-state index contributed by atoms with van der Waals surface area (Å²) < 4.78 is 0. The number of rotatable bonds is 6. The zero-order valence-electron chi connectivity index (χ0n) is 17.3. The van der Waals surface area contributed by atoms with Crippen molar-refractivity contribution in [3.8, 4) is 0 Å². The number of hydrogen-bond donors (Lipinski definition) is 1. The molecule has 0 bridgehead atoms. The molecule has 2 aromatic carbocycles. The van der Waals surface area contributed by atoms with Crippen molar-refractivity contribution in [3.63, 3.8) is 0 Å². The standard InChI is InChI=1S/C24H20Cl2N4O2/c1-30-11-10-27-23(30)16-4-2-15(3-5-16)21(31)12-17-6-7-18(25)13-20(17)24(32)29-22-9-8-19(26)14-28-22/h2-9,13-14H,10-12H2,1H3,(H,28,29,32). The molecule has 0 aliphatic carbocycles. The molecule has 0 unspecified atom stereocenters. The topological polar surface area (TPSA) is 74.7 Å². The Labute approximate surface area is 195 Å². The smallest absolute Gasteiger partial charge is 0.257 e. The maximum absolute atomic E-state index is 12.9. The number of pyridine rings is 1. The van der Waals surface area contributed by atoms with Gasteiger partial charge in [0, 0.05) is 47.9 Å². The fourth-order valence-corrected chi connectivity index (χ4v) is 3.76. The summed E-state index contributed by atoms with van der Waals surface area (Å²) in [5, 5.41) is 3.58. The number of carbonyl (C=O) groups excluding carboxylic acids is 2. The summed E-state index contributed by atoms with van der Waals surface area (Å²) >= 11 is 12.0. The monoisotopic (exact) mass is 466 g/mol. The lowest BCUT2D eigenvalue weighted by molar-refractivity contribution is 0.0992. The molecule has 1 N–H and O–H groups in total. The van der Waals surface area contributed by atoms with Crippen molar-refractivity contribution in [2.75, 3.05) is 25.5 Å². The third kappa shape index (κ3) is 4.98. The van der Waals surface area contributed by atoms with Crippen molar-refractivity contribution < 1.29 is 9.59 Å². The normalized spacial score (nSPS) is 13.1. The van der Waals surface area contributed by atoms with Crippen molar-refractivity contribution in [3.05, 3.63) is 93.1 Å². The van der Waals surface area contributed by atoms with Gasteiger partial charge in [-0.2, -0.15) is 0 Å². The molecule has 0 atom stereocenters. The first-order valence-electron chi connectivity index (χ1n) is 10.0. The third-order valence-electron chi connectivity index (χ3n) is 5.16. The summed E-state index contributed by atoms with van der Waals surface area (Å²) in [6.45, 7) is 1.67. The molecule has 0 radical (unpaired) electrons. The highest BCUT2D eigenvalue weighted by atomic mass is 35.5. The quantitative estimate of drug-likeness (QED) is 0.531. The van der Waals surface area contributed by atoms with Crippen LogP contribution >= 0.6 is 23.2 Å². The van der Waals surface area contributed by atoms with Crippen molar-refractivity contribution in [2.45, 2.75) is 6.42 Å². The van der Waals surface area contributed by atoms with Gasteiger partial charge in [0.05, 0.1) is 11.6 Å². The van der Waals surface area contributed by atoms with E-state index in [4.69, 9.17) is 23.2 Å². The number of ketones is 1. The number of aliphatic imine (C=N–C) groups is 1. The number of amides is 1. The van der Waals surface area contributed by atoms with E-state index in [2.05, 4.69) is 20.2 Å². The molecule has 1 amide bonds. The van der Waals surface area contributed by atoms with Crippen LogP contribution in [0.5, 0.6) is 0 Å². The van der Waals surface area contributed by atoms with E-state index < -0.39 is 5.91 Å². The molecule has 2 heterocycles. The number of Topliss-reactive ketones (excluding diaryl/α,β-unsaturated/α-hetero) is 1. The lowest BCUT2D eigenvalue weighted by Crippen LogP contribution is -2.23. The van der Waals surface area contributed by atoms with Gasteiger partial charge in [0.1, 0.15) is 11.7 Å². The molecule has 1 aromatic heterocycles. The summed E-state index contributed by atoms with van der Waals surface area (Å²) in [6.07, 6.45) is 1.51. The van der Waals surface area contributed by atoms with Crippen LogP contribution in [0.1, 0.15) is 31.8 Å². The minimum absolute atomic E-state index is 0.0637. The second kappa shape index (κ2) is 9.51. The maximum Gasteiger partial charge on any atom is 0.257 e. The highest BCUT2D eigenvalue weighted by molar-refractivity contribution is 6.31. The van der Waals surface area contributed by atoms with Crippen molar-refractivity contribution in [1.29, 1.82) is 0 Å². The number of carbonyl (C=O) groups is 2. The molecular formula is C24H20Cl2N4O2. The Morgan fingerprint density at radius 3 is 2.44 bits per heavy atom. The van der Waals surface area contributed by atoms with Crippen LogP contribution in [-0.2, 0) is 6.42 Å². The fourth-order valence-electron chi connectivity index (χ4n) is 3.47. The van der Waals surface area contributed by atoms with E-state index in [1.54, 1.807) is 42.5 Å². The summed E-state index contributed by atoms with van der Waals surface area (Å²) in [4.78, 5) is 36.4. The Morgan fingerprint density at radius 1 is 1.03 bits per heavy atom. The lowest BCUT2D eigenvalue weighted by atomic mass is 9.97. The van der Waals surface area contributed by atoms with E-state index in [1.807, 2.05) is 19.2 Å². The van der Waals surface area contributed by atoms with E-state index in [1.165, 1.54) is 6.20 Å². The first kappa shape index (κ1) is 22.0. The first-order chi connectivity index (χ1) is 15.4. The SMILES string of the molecule is CN1CCN=C1c1ccc(C(=O)Cc2ccc(Cl)cc2C(=O)Nc2ccc(Cl)cn2)cc1. The Bertz CT molecular complexity index is 1190. The molecule has 0 spiro atoms. The van der Waals surface area contributed by atoms with Gasteiger partial charge >= 0.3 is 0 Å². The summed E-state index contributed by atoms with van der Waals surface area (Å²) in [6, 6.07) is 15.5. The van der Waals surface area contributed by atoms with Gasteiger partial charge in [-0.15, -0.1) is 0 Å². The van der Waals surface area contributed by atoms with Crippen LogP contribution in [0.3, 0.4) is 0 Å². The molecular weight excluding hydrogens is 447 g/mol. The summed E-state index contributed by atoms with van der Waals surface area (Å²) in [7, 11) is 2.00. The first-order valence-corrected chi connectivity index (χ1v) is 10.8. The van der Waals surface area contributed by atoms with Crippen LogP contribution in [-0.4, -0.2) is 47.5 Å². The van der Waals surface area contributed by atoms with E-state index in [-0.39, 0.29) is 12.2 Å². The van der Waals surface area contributed by atoms with Crippen LogP contribution in [0.15, 0.2) is 65.8 Å². The highest BCUT2D eigenvalue weighted by Gasteiger charge is 2.18. The van der Waals surface area contributed by atoms with E-state index >= 15 is 0 Å².